The van der Waals surface area contributed by atoms with Crippen molar-refractivity contribution < 1.29 is 9.53 Å². The minimum atomic E-state index is -0.153. The quantitative estimate of drug-likeness (QED) is 0.614. The van der Waals surface area contributed by atoms with E-state index in [1.165, 1.54) is 7.11 Å². The van der Waals surface area contributed by atoms with Crippen LogP contribution in [0.1, 0.15) is 26.2 Å². The molecule has 0 heterocycles. The van der Waals surface area contributed by atoms with Crippen LogP contribution in [0, 0.1) is 0 Å². The Morgan fingerprint density at radius 1 is 1.57 bits per heavy atom. The average Bonchev–Trinajstić information content (AvgIpc) is 2.21. The molecule has 14 heavy (non-hydrogen) atoms. The smallest absolute Gasteiger partial charge is 0.306 e. The van der Waals surface area contributed by atoms with Crippen molar-refractivity contribution in [3.63, 3.8) is 0 Å². The molecule has 0 aromatic carbocycles. The number of carbonyl (C=O) groups excluding carboxylic acids is 1. The molecule has 4 heteroatoms. The van der Waals surface area contributed by atoms with Crippen LogP contribution >= 0.6 is 0 Å². The first-order valence-electron chi connectivity index (χ1n) is 5.12. The van der Waals surface area contributed by atoms with E-state index in [9.17, 15) is 4.79 Å². The molecule has 84 valence electrons. The maximum Gasteiger partial charge on any atom is 0.306 e. The first-order chi connectivity index (χ1) is 6.65. The fraction of sp³-hybridized carbons (Fsp3) is 0.900. The number of nitrogens with two attached hydrogens (primary N) is 1. The number of nitrogens with zero attached hydrogens (tertiary/aromatic N) is 1. The van der Waals surface area contributed by atoms with E-state index in [4.69, 9.17) is 5.73 Å². The molecule has 0 saturated heterocycles. The van der Waals surface area contributed by atoms with Gasteiger partial charge in [-0.25, -0.2) is 0 Å². The number of ether oxygens (including phenoxy) is 1. The predicted molar refractivity (Wildman–Crippen MR) is 57.0 cm³/mol. The second kappa shape index (κ2) is 7.76. The van der Waals surface area contributed by atoms with Crippen LogP contribution in [0.15, 0.2) is 0 Å². The van der Waals surface area contributed by atoms with E-state index in [2.05, 4.69) is 16.6 Å². The molecule has 0 amide bonds. The van der Waals surface area contributed by atoms with Crippen LogP contribution in [-0.4, -0.2) is 44.2 Å². The van der Waals surface area contributed by atoms with Gasteiger partial charge >= 0.3 is 5.97 Å². The Balaban J connectivity index is 3.79. The minimum Gasteiger partial charge on any atom is -0.469 e. The molecule has 0 aliphatic carbocycles. The molecule has 4 nitrogen and oxygen atoms in total. The fourth-order valence-corrected chi connectivity index (χ4v) is 1.48. The summed E-state index contributed by atoms with van der Waals surface area (Å²) in [6.07, 6.45) is 2.50. The summed E-state index contributed by atoms with van der Waals surface area (Å²) in [7, 11) is 3.44. The largest absolute Gasteiger partial charge is 0.469 e. The van der Waals surface area contributed by atoms with Crippen LogP contribution in [-0.2, 0) is 9.53 Å². The summed E-state index contributed by atoms with van der Waals surface area (Å²) in [5.74, 6) is -0.153. The SMILES string of the molecule is CCC(CCN)N(C)CCC(=O)OC. The summed E-state index contributed by atoms with van der Waals surface area (Å²) in [6.45, 7) is 3.57. The third kappa shape index (κ3) is 5.19. The highest BCUT2D eigenvalue weighted by Crippen LogP contribution is 2.06. The number of hydrogen-bond acceptors (Lipinski definition) is 4. The van der Waals surface area contributed by atoms with E-state index in [0.717, 1.165) is 19.4 Å². The molecule has 0 spiro atoms. The molecule has 0 aromatic rings. The highest BCUT2D eigenvalue weighted by molar-refractivity contribution is 5.69. The van der Waals surface area contributed by atoms with Crippen LogP contribution in [0.25, 0.3) is 0 Å². The van der Waals surface area contributed by atoms with Gasteiger partial charge in [-0.3, -0.25) is 4.79 Å². The summed E-state index contributed by atoms with van der Waals surface area (Å²) < 4.78 is 4.58. The molecule has 0 bridgehead atoms. The van der Waals surface area contributed by atoms with E-state index in [0.29, 0.717) is 19.0 Å². The first kappa shape index (κ1) is 13.4. The van der Waals surface area contributed by atoms with Crippen molar-refractivity contribution in [2.75, 3.05) is 27.2 Å². The normalized spacial score (nSPS) is 12.9. The van der Waals surface area contributed by atoms with Crippen LogP contribution in [0.3, 0.4) is 0 Å². The highest BCUT2D eigenvalue weighted by atomic mass is 16.5. The lowest BCUT2D eigenvalue weighted by molar-refractivity contribution is -0.141. The summed E-state index contributed by atoms with van der Waals surface area (Å²) in [6, 6.07) is 0.477. The molecule has 0 radical (unpaired) electrons. The van der Waals surface area contributed by atoms with Crippen molar-refractivity contribution in [2.45, 2.75) is 32.2 Å². The standard InChI is InChI=1S/C10H22N2O2/c1-4-9(5-7-11)12(2)8-6-10(13)14-3/h9H,4-8,11H2,1-3H3. The first-order valence-corrected chi connectivity index (χ1v) is 5.12. The molecule has 2 N–H and O–H groups in total. The summed E-state index contributed by atoms with van der Waals surface area (Å²) in [5, 5.41) is 0. The van der Waals surface area contributed by atoms with E-state index in [1.807, 2.05) is 7.05 Å². The van der Waals surface area contributed by atoms with Crippen molar-refractivity contribution in [2.24, 2.45) is 5.73 Å². The number of methoxy groups -OCH3 is 1. The molecule has 0 rings (SSSR count). The lowest BCUT2D eigenvalue weighted by atomic mass is 10.1. The lowest BCUT2D eigenvalue weighted by Crippen LogP contribution is -2.34. The zero-order chi connectivity index (χ0) is 11.0. The Hall–Kier alpha value is -0.610. The van der Waals surface area contributed by atoms with Gasteiger partial charge in [-0.15, -0.1) is 0 Å². The average molecular weight is 202 g/mol. The zero-order valence-corrected chi connectivity index (χ0v) is 9.45. The predicted octanol–water partition coefficient (Wildman–Crippen LogP) is 0.609. The number of carbonyl (C=O) groups is 1. The molecule has 0 aromatic heterocycles. The maximum atomic E-state index is 10.9. The zero-order valence-electron chi connectivity index (χ0n) is 9.45. The van der Waals surface area contributed by atoms with Gasteiger partial charge in [0.2, 0.25) is 0 Å². The molecule has 0 saturated carbocycles. The highest BCUT2D eigenvalue weighted by Gasteiger charge is 2.12. The molecular formula is C10H22N2O2. The third-order valence-corrected chi connectivity index (χ3v) is 2.49. The number of esters is 1. The van der Waals surface area contributed by atoms with Crippen molar-refractivity contribution >= 4 is 5.97 Å². The second-order valence-electron chi connectivity index (χ2n) is 3.45. The monoisotopic (exact) mass is 202 g/mol. The van der Waals surface area contributed by atoms with Crippen LogP contribution < -0.4 is 5.73 Å². The van der Waals surface area contributed by atoms with E-state index >= 15 is 0 Å². The van der Waals surface area contributed by atoms with Gasteiger partial charge < -0.3 is 15.4 Å². The van der Waals surface area contributed by atoms with Crippen LogP contribution in [0.4, 0.5) is 0 Å². The maximum absolute atomic E-state index is 10.9. The van der Waals surface area contributed by atoms with Gasteiger partial charge in [0.15, 0.2) is 0 Å². The summed E-state index contributed by atoms with van der Waals surface area (Å²) in [5.41, 5.74) is 5.51. The van der Waals surface area contributed by atoms with Crippen LogP contribution in [0.2, 0.25) is 0 Å². The van der Waals surface area contributed by atoms with Crippen molar-refractivity contribution in [1.29, 1.82) is 0 Å². The minimum absolute atomic E-state index is 0.153. The molecular weight excluding hydrogens is 180 g/mol. The third-order valence-electron chi connectivity index (χ3n) is 2.49. The van der Waals surface area contributed by atoms with Gasteiger partial charge in [-0.1, -0.05) is 6.92 Å². The van der Waals surface area contributed by atoms with Gasteiger partial charge in [0.1, 0.15) is 0 Å². The molecule has 1 unspecified atom stereocenters. The van der Waals surface area contributed by atoms with Gasteiger partial charge in [0, 0.05) is 12.6 Å². The van der Waals surface area contributed by atoms with Gasteiger partial charge in [0.05, 0.1) is 13.5 Å². The van der Waals surface area contributed by atoms with Gasteiger partial charge in [0.25, 0.3) is 0 Å². The Bertz CT molecular complexity index is 162. The van der Waals surface area contributed by atoms with Crippen molar-refractivity contribution in [3.8, 4) is 0 Å². The topological polar surface area (TPSA) is 55.6 Å². The fourth-order valence-electron chi connectivity index (χ4n) is 1.48. The van der Waals surface area contributed by atoms with E-state index in [-0.39, 0.29) is 5.97 Å². The van der Waals surface area contributed by atoms with Crippen LogP contribution in [0.5, 0.6) is 0 Å². The summed E-state index contributed by atoms with van der Waals surface area (Å²) in [4.78, 5) is 13.1. The Labute approximate surface area is 86.4 Å². The molecule has 0 aliphatic heterocycles. The van der Waals surface area contributed by atoms with Gasteiger partial charge in [-0.05, 0) is 26.4 Å². The molecule has 0 aliphatic rings. The Morgan fingerprint density at radius 3 is 2.64 bits per heavy atom. The Morgan fingerprint density at radius 2 is 2.21 bits per heavy atom. The van der Waals surface area contributed by atoms with Crippen molar-refractivity contribution in [1.82, 2.24) is 4.90 Å². The second-order valence-corrected chi connectivity index (χ2v) is 3.45. The van der Waals surface area contributed by atoms with Crippen molar-refractivity contribution in [3.05, 3.63) is 0 Å². The summed E-state index contributed by atoms with van der Waals surface area (Å²) >= 11 is 0. The van der Waals surface area contributed by atoms with E-state index in [1.54, 1.807) is 0 Å². The number of hydrogen-bond donors (Lipinski definition) is 1. The lowest BCUT2D eigenvalue weighted by Gasteiger charge is -2.26. The Kier molecular flexibility index (Phi) is 7.42. The van der Waals surface area contributed by atoms with E-state index < -0.39 is 0 Å². The molecule has 0 fully saturated rings. The number of rotatable bonds is 7. The van der Waals surface area contributed by atoms with Gasteiger partial charge in [-0.2, -0.15) is 0 Å². The molecule has 1 atom stereocenters.